The molecule has 2 heterocycles. The standard InChI is InChI=1S/C25H29N2S2.C22H24B/c1-6-19(15-24-26(7-2)20-13-17(4)9-11-22(20)28-24)16-25-27(8-3)21-14-18(5)10-12-23(21)29-25;1-22(2,3)23(19-13-7-4-8-14-19,20-15-9-5-10-16-20)21-17-11-6-12-18-21/h9-16H,6-8H2,1-5H3;4-18H,1-3H3/q+1;-1. The molecule has 0 saturated carbocycles. The van der Waals surface area contributed by atoms with E-state index in [4.69, 9.17) is 0 Å². The Morgan fingerprint density at radius 1 is 0.712 bits per heavy atom. The molecule has 7 rings (SSSR count). The van der Waals surface area contributed by atoms with Crippen molar-refractivity contribution in [2.24, 2.45) is 0 Å². The summed E-state index contributed by atoms with van der Waals surface area (Å²) in [5, 5.41) is 2.76. The van der Waals surface area contributed by atoms with Crippen LogP contribution in [0, 0.1) is 13.8 Å². The Kier molecular flexibility index (Phi) is 11.6. The van der Waals surface area contributed by atoms with Gasteiger partial charge in [0.25, 0.3) is 5.01 Å². The van der Waals surface area contributed by atoms with E-state index < -0.39 is 6.15 Å². The zero-order valence-electron chi connectivity index (χ0n) is 32.2. The maximum Gasteiger partial charge on any atom is 0.263 e. The molecule has 0 aliphatic carbocycles. The molecule has 1 aliphatic rings. The molecular formula is C47H53BN2S2. The number of thiazole rings is 1. The Morgan fingerprint density at radius 3 is 1.75 bits per heavy atom. The van der Waals surface area contributed by atoms with Gasteiger partial charge >= 0.3 is 0 Å². The second-order valence-corrected chi connectivity index (χ2v) is 17.1. The fourth-order valence-electron chi connectivity index (χ4n) is 8.15. The quantitative estimate of drug-likeness (QED) is 0.114. The highest BCUT2D eigenvalue weighted by atomic mass is 32.2. The molecule has 5 aromatic carbocycles. The third-order valence-electron chi connectivity index (χ3n) is 10.6. The van der Waals surface area contributed by atoms with Crippen molar-refractivity contribution in [1.29, 1.82) is 0 Å². The van der Waals surface area contributed by atoms with Crippen LogP contribution in [0.2, 0.25) is 5.31 Å². The minimum absolute atomic E-state index is 0.0874. The lowest BCUT2D eigenvalue weighted by atomic mass is 9.07. The fraction of sp³-hybridized carbons (Fsp3) is 0.255. The van der Waals surface area contributed by atoms with Gasteiger partial charge in [-0.25, -0.2) is 0 Å². The van der Waals surface area contributed by atoms with Crippen molar-refractivity contribution in [3.05, 3.63) is 160 Å². The molecule has 6 aromatic rings. The predicted molar refractivity (Wildman–Crippen MR) is 233 cm³/mol. The van der Waals surface area contributed by atoms with Gasteiger partial charge in [-0.05, 0) is 75.1 Å². The Labute approximate surface area is 320 Å². The number of rotatable bonds is 8. The van der Waals surface area contributed by atoms with Crippen molar-refractivity contribution in [3.8, 4) is 0 Å². The number of anilines is 1. The molecule has 0 atom stereocenters. The van der Waals surface area contributed by atoms with Crippen LogP contribution in [0.15, 0.2) is 149 Å². The SMILES string of the molecule is CC(C)(C)[B-](c1ccccc1)(c1ccccc1)c1ccccc1.CCC(/C=C1\Sc2ccc(C)cc2N1CC)=C\c1sc2ccc(C)cc2[n+]1CC. The topological polar surface area (TPSA) is 7.12 Å². The third-order valence-corrected chi connectivity index (χ3v) is 12.9. The number of hydrogen-bond acceptors (Lipinski definition) is 3. The molecule has 0 amide bonds. The van der Waals surface area contributed by atoms with Crippen LogP contribution in [0.1, 0.15) is 64.1 Å². The molecule has 0 radical (unpaired) electrons. The largest absolute Gasteiger partial charge is 0.335 e. The zero-order chi connectivity index (χ0) is 36.9. The number of aromatic nitrogens is 1. The van der Waals surface area contributed by atoms with Gasteiger partial charge in [-0.15, -0.1) is 5.31 Å². The van der Waals surface area contributed by atoms with E-state index in [-0.39, 0.29) is 5.31 Å². The van der Waals surface area contributed by atoms with Crippen LogP contribution in [-0.4, -0.2) is 12.7 Å². The van der Waals surface area contributed by atoms with Gasteiger partial charge in [-0.1, -0.05) is 154 Å². The summed E-state index contributed by atoms with van der Waals surface area (Å²) in [6.07, 6.45) is 4.74. The van der Waals surface area contributed by atoms with Gasteiger partial charge in [0.2, 0.25) is 5.52 Å². The van der Waals surface area contributed by atoms with E-state index in [1.807, 2.05) is 23.1 Å². The van der Waals surface area contributed by atoms with Gasteiger partial charge in [0.05, 0.1) is 16.9 Å². The van der Waals surface area contributed by atoms with E-state index in [9.17, 15) is 0 Å². The molecule has 0 spiro atoms. The fourth-order valence-corrected chi connectivity index (χ4v) is 10.5. The zero-order valence-corrected chi connectivity index (χ0v) is 33.8. The lowest BCUT2D eigenvalue weighted by Gasteiger charge is -2.54. The van der Waals surface area contributed by atoms with Crippen LogP contribution >= 0.6 is 23.1 Å². The van der Waals surface area contributed by atoms with Crippen LogP contribution in [0.25, 0.3) is 16.3 Å². The Balaban J connectivity index is 0.000000183. The van der Waals surface area contributed by atoms with E-state index in [1.165, 1.54) is 63.9 Å². The van der Waals surface area contributed by atoms with Crippen molar-refractivity contribution in [2.45, 2.75) is 78.6 Å². The predicted octanol–water partition coefficient (Wildman–Crippen LogP) is 11.0. The average molecular weight is 721 g/mol. The Bertz CT molecular complexity index is 2080. The molecule has 52 heavy (non-hydrogen) atoms. The molecule has 0 saturated heterocycles. The second-order valence-electron chi connectivity index (χ2n) is 15.0. The highest BCUT2D eigenvalue weighted by Gasteiger charge is 2.39. The van der Waals surface area contributed by atoms with Gasteiger partial charge in [0.15, 0.2) is 0 Å². The maximum absolute atomic E-state index is 2.44. The van der Waals surface area contributed by atoms with Crippen molar-refractivity contribution >= 4 is 67.6 Å². The number of nitrogens with zero attached hydrogens (tertiary/aromatic N) is 2. The molecule has 0 bridgehead atoms. The van der Waals surface area contributed by atoms with Crippen LogP contribution in [0.5, 0.6) is 0 Å². The summed E-state index contributed by atoms with van der Waals surface area (Å²) < 4.78 is 3.80. The third kappa shape index (κ3) is 7.45. The monoisotopic (exact) mass is 720 g/mol. The van der Waals surface area contributed by atoms with Crippen LogP contribution in [0.3, 0.4) is 0 Å². The average Bonchev–Trinajstić information content (AvgIpc) is 3.68. The van der Waals surface area contributed by atoms with Gasteiger partial charge in [0.1, 0.15) is 11.2 Å². The van der Waals surface area contributed by atoms with Crippen LogP contribution in [0.4, 0.5) is 5.69 Å². The van der Waals surface area contributed by atoms with Crippen LogP contribution < -0.4 is 25.9 Å². The molecular weight excluding hydrogens is 667 g/mol. The first-order chi connectivity index (χ1) is 25.1. The number of aryl methyl sites for hydroxylation is 3. The summed E-state index contributed by atoms with van der Waals surface area (Å²) in [5.41, 5.74) is 10.9. The molecule has 1 aliphatic heterocycles. The summed E-state index contributed by atoms with van der Waals surface area (Å²) in [6.45, 7) is 20.1. The summed E-state index contributed by atoms with van der Waals surface area (Å²) in [7, 11) is 0. The summed E-state index contributed by atoms with van der Waals surface area (Å²) in [6, 6.07) is 46.5. The highest BCUT2D eigenvalue weighted by molar-refractivity contribution is 8.03. The lowest BCUT2D eigenvalue weighted by molar-refractivity contribution is -0.665. The molecule has 0 unspecified atom stereocenters. The first kappa shape index (κ1) is 37.4. The van der Waals surface area contributed by atoms with Crippen molar-refractivity contribution < 1.29 is 4.57 Å². The van der Waals surface area contributed by atoms with Gasteiger partial charge in [0, 0.05) is 23.6 Å². The second kappa shape index (κ2) is 16.1. The molecule has 0 N–H and O–H groups in total. The molecule has 266 valence electrons. The normalized spacial score (nSPS) is 14.0. The summed E-state index contributed by atoms with van der Waals surface area (Å²) >= 11 is 3.78. The van der Waals surface area contributed by atoms with Crippen LogP contribution in [-0.2, 0) is 6.54 Å². The lowest BCUT2D eigenvalue weighted by Crippen LogP contribution is -2.72. The van der Waals surface area contributed by atoms with Crippen molar-refractivity contribution in [2.75, 3.05) is 11.4 Å². The summed E-state index contributed by atoms with van der Waals surface area (Å²) in [5.74, 6) is 0. The van der Waals surface area contributed by atoms with Gasteiger partial charge < -0.3 is 4.90 Å². The van der Waals surface area contributed by atoms with Gasteiger partial charge in [-0.2, -0.15) is 21.0 Å². The smallest absolute Gasteiger partial charge is 0.263 e. The van der Waals surface area contributed by atoms with Crippen molar-refractivity contribution in [3.63, 3.8) is 0 Å². The summed E-state index contributed by atoms with van der Waals surface area (Å²) in [4.78, 5) is 3.80. The minimum Gasteiger partial charge on any atom is -0.335 e. The molecule has 2 nitrogen and oxygen atoms in total. The first-order valence-electron chi connectivity index (χ1n) is 18.8. The van der Waals surface area contributed by atoms with E-state index in [2.05, 4.69) is 204 Å². The van der Waals surface area contributed by atoms with E-state index >= 15 is 0 Å². The number of thioether (sulfide) groups is 1. The Hall–Kier alpha value is -4.32. The number of fused-ring (bicyclic) bond motifs is 2. The number of allylic oxidation sites excluding steroid dienone is 2. The minimum atomic E-state index is -1.06. The molecule has 1 aromatic heterocycles. The van der Waals surface area contributed by atoms with E-state index in [1.54, 1.807) is 0 Å². The highest BCUT2D eigenvalue weighted by Crippen LogP contribution is 2.46. The Morgan fingerprint density at radius 2 is 1.25 bits per heavy atom. The van der Waals surface area contributed by atoms with Crippen molar-refractivity contribution in [1.82, 2.24) is 0 Å². The number of hydrogen-bond donors (Lipinski definition) is 0. The first-order valence-corrected chi connectivity index (χ1v) is 20.5. The maximum atomic E-state index is 2.44. The molecule has 0 fully saturated rings. The number of benzene rings is 5. The van der Waals surface area contributed by atoms with E-state index in [0.717, 1.165) is 19.5 Å². The van der Waals surface area contributed by atoms with Gasteiger partial charge in [-0.3, -0.25) is 0 Å². The van der Waals surface area contributed by atoms with E-state index in [0.29, 0.717) is 0 Å². The molecule has 5 heteroatoms.